The molecule has 92 valence electrons. The first-order valence-electron chi connectivity index (χ1n) is 5.37. The lowest BCUT2D eigenvalue weighted by molar-refractivity contribution is 0.0914. The smallest absolute Gasteiger partial charge is 0.182 e. The van der Waals surface area contributed by atoms with Crippen LogP contribution in [-0.4, -0.2) is 31.6 Å². The van der Waals surface area contributed by atoms with Gasteiger partial charge in [-0.3, -0.25) is 4.79 Å². The van der Waals surface area contributed by atoms with E-state index in [0.717, 1.165) is 18.2 Å². The third-order valence-corrected chi connectivity index (χ3v) is 2.93. The Balaban J connectivity index is 2.17. The van der Waals surface area contributed by atoms with E-state index in [-0.39, 0.29) is 11.7 Å². The summed E-state index contributed by atoms with van der Waals surface area (Å²) in [6, 6.07) is 2.38. The van der Waals surface area contributed by atoms with Gasteiger partial charge in [0, 0.05) is 13.7 Å². The van der Waals surface area contributed by atoms with Crippen molar-refractivity contribution in [1.29, 1.82) is 0 Å². The highest BCUT2D eigenvalue weighted by atomic mass is 19.1. The van der Waals surface area contributed by atoms with E-state index in [1.165, 1.54) is 0 Å². The second-order valence-corrected chi connectivity index (χ2v) is 4.04. The fourth-order valence-corrected chi connectivity index (χ4v) is 1.96. The van der Waals surface area contributed by atoms with Gasteiger partial charge in [-0.15, -0.1) is 0 Å². The van der Waals surface area contributed by atoms with E-state index in [2.05, 4.69) is 5.32 Å². The third kappa shape index (κ3) is 2.50. The summed E-state index contributed by atoms with van der Waals surface area (Å²) in [7, 11) is 1.56. The van der Waals surface area contributed by atoms with Crippen molar-refractivity contribution >= 4 is 5.78 Å². The van der Waals surface area contributed by atoms with Gasteiger partial charge in [0.15, 0.2) is 5.78 Å². The fraction of sp³-hybridized carbons (Fsp3) is 0.417. The van der Waals surface area contributed by atoms with Crippen LogP contribution in [0.25, 0.3) is 0 Å². The van der Waals surface area contributed by atoms with Crippen molar-refractivity contribution < 1.29 is 18.3 Å². The molecule has 1 aliphatic heterocycles. The number of methoxy groups -OCH3 is 1. The number of Topliss-reactive ketones (excluding diaryl/α,β-unsaturated/α-hetero) is 1. The zero-order valence-corrected chi connectivity index (χ0v) is 9.37. The van der Waals surface area contributed by atoms with Crippen molar-refractivity contribution in [2.75, 3.05) is 13.7 Å². The van der Waals surface area contributed by atoms with Gasteiger partial charge in [-0.2, -0.15) is 0 Å². The molecule has 0 radical (unpaired) electrons. The molecular formula is C12H13F2NO2. The molecule has 1 aromatic rings. The summed E-state index contributed by atoms with van der Waals surface area (Å²) >= 11 is 0. The molecule has 5 heteroatoms. The maximum absolute atomic E-state index is 13.4. The molecule has 1 aliphatic rings. The van der Waals surface area contributed by atoms with E-state index >= 15 is 0 Å². The maximum atomic E-state index is 13.4. The van der Waals surface area contributed by atoms with E-state index in [4.69, 9.17) is 4.74 Å². The van der Waals surface area contributed by atoms with Crippen LogP contribution in [-0.2, 0) is 4.74 Å². The third-order valence-electron chi connectivity index (χ3n) is 2.93. The number of halogens is 2. The highest BCUT2D eigenvalue weighted by Crippen LogP contribution is 2.17. The van der Waals surface area contributed by atoms with Crippen molar-refractivity contribution in [3.63, 3.8) is 0 Å². The summed E-state index contributed by atoms with van der Waals surface area (Å²) in [4.78, 5) is 12.0. The Morgan fingerprint density at radius 3 is 2.88 bits per heavy atom. The molecule has 2 rings (SSSR count). The predicted molar refractivity (Wildman–Crippen MR) is 57.9 cm³/mol. The largest absolute Gasteiger partial charge is 0.380 e. The first kappa shape index (κ1) is 12.1. The number of ether oxygens (including phenoxy) is 1. The zero-order chi connectivity index (χ0) is 12.4. The number of ketones is 1. The van der Waals surface area contributed by atoms with Crippen molar-refractivity contribution in [1.82, 2.24) is 5.32 Å². The Bertz CT molecular complexity index is 437. The summed E-state index contributed by atoms with van der Waals surface area (Å²) in [5.74, 6) is -1.74. The predicted octanol–water partition coefficient (Wildman–Crippen LogP) is 1.52. The number of nitrogens with one attached hydrogen (secondary N) is 1. The number of hydrogen-bond acceptors (Lipinski definition) is 3. The van der Waals surface area contributed by atoms with E-state index in [1.807, 2.05) is 0 Å². The van der Waals surface area contributed by atoms with E-state index in [1.54, 1.807) is 7.11 Å². The summed E-state index contributed by atoms with van der Waals surface area (Å²) in [5, 5.41) is 2.94. The number of hydrogen-bond donors (Lipinski definition) is 1. The van der Waals surface area contributed by atoms with Crippen LogP contribution in [0.3, 0.4) is 0 Å². The van der Waals surface area contributed by atoms with Crippen LogP contribution in [0.2, 0.25) is 0 Å². The fourth-order valence-electron chi connectivity index (χ4n) is 1.96. The first-order chi connectivity index (χ1) is 8.11. The van der Waals surface area contributed by atoms with Crippen molar-refractivity contribution in [3.8, 4) is 0 Å². The zero-order valence-electron chi connectivity index (χ0n) is 9.37. The average molecular weight is 241 g/mol. The number of rotatable bonds is 3. The van der Waals surface area contributed by atoms with Gasteiger partial charge >= 0.3 is 0 Å². The molecule has 0 bridgehead atoms. The summed E-state index contributed by atoms with van der Waals surface area (Å²) in [6.07, 6.45) is 0.422. The normalized spacial score (nSPS) is 23.9. The Morgan fingerprint density at radius 1 is 1.47 bits per heavy atom. The van der Waals surface area contributed by atoms with Gasteiger partial charge in [0.2, 0.25) is 0 Å². The van der Waals surface area contributed by atoms with E-state index in [9.17, 15) is 13.6 Å². The van der Waals surface area contributed by atoms with Crippen molar-refractivity contribution in [3.05, 3.63) is 35.4 Å². The standard InChI is InChI=1S/C12H13F2NO2/c1-17-8-5-11(15-6-8)12(16)9-4-7(13)2-3-10(9)14/h2-4,8,11,15H,5-6H2,1H3. The highest BCUT2D eigenvalue weighted by molar-refractivity contribution is 6.00. The molecule has 1 fully saturated rings. The lowest BCUT2D eigenvalue weighted by atomic mass is 10.0. The highest BCUT2D eigenvalue weighted by Gasteiger charge is 2.31. The molecule has 1 saturated heterocycles. The Kier molecular flexibility index (Phi) is 3.49. The molecule has 1 N–H and O–H groups in total. The average Bonchev–Trinajstić information content (AvgIpc) is 2.80. The maximum Gasteiger partial charge on any atom is 0.182 e. The van der Waals surface area contributed by atoms with Crippen LogP contribution >= 0.6 is 0 Å². The number of carbonyl (C=O) groups excluding carboxylic acids is 1. The quantitative estimate of drug-likeness (QED) is 0.815. The molecule has 0 saturated carbocycles. The van der Waals surface area contributed by atoms with Crippen molar-refractivity contribution in [2.24, 2.45) is 0 Å². The first-order valence-corrected chi connectivity index (χ1v) is 5.37. The molecule has 0 amide bonds. The molecule has 1 heterocycles. The number of benzene rings is 1. The van der Waals surface area contributed by atoms with E-state index < -0.39 is 23.5 Å². The minimum Gasteiger partial charge on any atom is -0.380 e. The van der Waals surface area contributed by atoms with Crippen LogP contribution in [0.15, 0.2) is 18.2 Å². The van der Waals surface area contributed by atoms with Crippen molar-refractivity contribution in [2.45, 2.75) is 18.6 Å². The molecule has 2 atom stereocenters. The lowest BCUT2D eigenvalue weighted by Gasteiger charge is -2.10. The van der Waals surface area contributed by atoms with Gasteiger partial charge in [-0.05, 0) is 24.6 Å². The minimum atomic E-state index is -0.695. The molecule has 2 unspecified atom stereocenters. The Morgan fingerprint density at radius 2 is 2.24 bits per heavy atom. The molecule has 3 nitrogen and oxygen atoms in total. The number of carbonyl (C=O) groups is 1. The summed E-state index contributed by atoms with van der Waals surface area (Å²) in [6.45, 7) is 0.545. The minimum absolute atomic E-state index is 0.0550. The van der Waals surface area contributed by atoms with Gasteiger partial charge in [-0.1, -0.05) is 0 Å². The Hall–Kier alpha value is -1.33. The summed E-state index contributed by atoms with van der Waals surface area (Å²) in [5.41, 5.74) is -0.209. The molecule has 1 aromatic carbocycles. The van der Waals surface area contributed by atoms with Gasteiger partial charge in [-0.25, -0.2) is 8.78 Å². The van der Waals surface area contributed by atoms with Gasteiger partial charge < -0.3 is 10.1 Å². The molecule has 17 heavy (non-hydrogen) atoms. The Labute approximate surface area is 97.8 Å². The second kappa shape index (κ2) is 4.89. The van der Waals surface area contributed by atoms with Crippen LogP contribution in [0.5, 0.6) is 0 Å². The van der Waals surface area contributed by atoms with Crippen LogP contribution in [0.1, 0.15) is 16.8 Å². The van der Waals surface area contributed by atoms with Crippen LogP contribution in [0.4, 0.5) is 8.78 Å². The lowest BCUT2D eigenvalue weighted by Crippen LogP contribution is -2.31. The topological polar surface area (TPSA) is 38.3 Å². The van der Waals surface area contributed by atoms with Gasteiger partial charge in [0.05, 0.1) is 17.7 Å². The molecular weight excluding hydrogens is 228 g/mol. The van der Waals surface area contributed by atoms with Crippen LogP contribution in [0, 0.1) is 11.6 Å². The van der Waals surface area contributed by atoms with Gasteiger partial charge in [0.1, 0.15) is 11.6 Å². The second-order valence-electron chi connectivity index (χ2n) is 4.04. The van der Waals surface area contributed by atoms with E-state index in [0.29, 0.717) is 13.0 Å². The molecule has 0 aromatic heterocycles. The van der Waals surface area contributed by atoms with Gasteiger partial charge in [0.25, 0.3) is 0 Å². The van der Waals surface area contributed by atoms with Crippen LogP contribution < -0.4 is 5.32 Å². The molecule has 0 aliphatic carbocycles. The monoisotopic (exact) mass is 241 g/mol. The molecule has 0 spiro atoms. The SMILES string of the molecule is COC1CNC(C(=O)c2cc(F)ccc2F)C1. The summed E-state index contributed by atoms with van der Waals surface area (Å²) < 4.78 is 31.5.